The number of carbonyl (C=O) groups excluding carboxylic acids is 1. The zero-order valence-electron chi connectivity index (χ0n) is 14.7. The Morgan fingerprint density at radius 2 is 1.96 bits per heavy atom. The van der Waals surface area contributed by atoms with Crippen molar-refractivity contribution in [2.45, 2.75) is 64.6 Å². The molecule has 4 heteroatoms. The Hall–Kier alpha value is -1.55. The first-order valence-corrected chi connectivity index (χ1v) is 8.55. The van der Waals surface area contributed by atoms with Crippen LogP contribution >= 0.6 is 0 Å². The predicted octanol–water partition coefficient (Wildman–Crippen LogP) is 3.72. The molecule has 1 saturated heterocycles. The van der Waals surface area contributed by atoms with E-state index in [0.29, 0.717) is 13.1 Å². The first-order chi connectivity index (χ1) is 10.8. The molecule has 1 aliphatic rings. The van der Waals surface area contributed by atoms with E-state index in [-0.39, 0.29) is 12.0 Å². The van der Waals surface area contributed by atoms with E-state index in [9.17, 15) is 9.90 Å². The molecule has 1 aromatic carbocycles. The van der Waals surface area contributed by atoms with Crippen molar-refractivity contribution in [1.29, 1.82) is 0 Å². The number of nitrogens with zero attached hydrogens (tertiary/aromatic N) is 1. The topological polar surface area (TPSA) is 49.8 Å². The van der Waals surface area contributed by atoms with E-state index in [1.807, 2.05) is 20.8 Å². The van der Waals surface area contributed by atoms with Gasteiger partial charge in [-0.25, -0.2) is 4.79 Å². The quantitative estimate of drug-likeness (QED) is 0.923. The van der Waals surface area contributed by atoms with E-state index in [4.69, 9.17) is 4.74 Å². The van der Waals surface area contributed by atoms with Crippen LogP contribution in [-0.4, -0.2) is 40.9 Å². The number of benzene rings is 1. The number of ether oxygens (including phenoxy) is 1. The second kappa shape index (κ2) is 7.35. The molecule has 0 bridgehead atoms. The van der Waals surface area contributed by atoms with Crippen LogP contribution in [0.3, 0.4) is 0 Å². The molecule has 4 nitrogen and oxygen atoms in total. The maximum Gasteiger partial charge on any atom is 0.410 e. The third-order valence-electron chi connectivity index (χ3n) is 4.18. The molecule has 1 fully saturated rings. The van der Waals surface area contributed by atoms with Gasteiger partial charge in [-0.1, -0.05) is 37.6 Å². The highest BCUT2D eigenvalue weighted by molar-refractivity contribution is 5.68. The van der Waals surface area contributed by atoms with Crippen LogP contribution in [0.5, 0.6) is 0 Å². The molecule has 0 unspecified atom stereocenters. The van der Waals surface area contributed by atoms with Gasteiger partial charge in [-0.15, -0.1) is 0 Å². The lowest BCUT2D eigenvalue weighted by Crippen LogP contribution is -2.47. The van der Waals surface area contributed by atoms with Crippen molar-refractivity contribution in [1.82, 2.24) is 4.90 Å². The number of aliphatic hydroxyl groups excluding tert-OH is 1. The van der Waals surface area contributed by atoms with Crippen molar-refractivity contribution in [2.24, 2.45) is 0 Å². The normalized spacial score (nSPS) is 22.0. The number of hydrogen-bond acceptors (Lipinski definition) is 3. The average Bonchev–Trinajstić information content (AvgIpc) is 2.47. The molecule has 0 aromatic heterocycles. The Labute approximate surface area is 139 Å². The zero-order chi connectivity index (χ0) is 17.0. The summed E-state index contributed by atoms with van der Waals surface area (Å²) in [6.07, 6.45) is 2.09. The van der Waals surface area contributed by atoms with Crippen LogP contribution in [0.4, 0.5) is 4.79 Å². The van der Waals surface area contributed by atoms with Crippen molar-refractivity contribution < 1.29 is 14.6 Å². The van der Waals surface area contributed by atoms with Gasteiger partial charge in [0.05, 0.1) is 12.6 Å². The summed E-state index contributed by atoms with van der Waals surface area (Å²) in [6, 6.07) is 8.52. The van der Waals surface area contributed by atoms with Crippen LogP contribution < -0.4 is 0 Å². The molecule has 2 atom stereocenters. The minimum atomic E-state index is -0.548. The van der Waals surface area contributed by atoms with Gasteiger partial charge < -0.3 is 14.7 Å². The van der Waals surface area contributed by atoms with Gasteiger partial charge in [0.1, 0.15) is 5.60 Å². The highest BCUT2D eigenvalue weighted by Gasteiger charge is 2.33. The number of amides is 1. The number of aliphatic hydroxyl groups is 1. The predicted molar refractivity (Wildman–Crippen MR) is 91.6 cm³/mol. The fourth-order valence-electron chi connectivity index (χ4n) is 3.03. The first kappa shape index (κ1) is 17.8. The summed E-state index contributed by atoms with van der Waals surface area (Å²) in [6.45, 7) is 8.68. The van der Waals surface area contributed by atoms with Crippen LogP contribution in [-0.2, 0) is 11.2 Å². The van der Waals surface area contributed by atoms with Gasteiger partial charge in [0.2, 0.25) is 0 Å². The fraction of sp³-hybridized carbons (Fsp3) is 0.632. The molecular formula is C19H29NO3. The van der Waals surface area contributed by atoms with E-state index in [1.165, 1.54) is 5.56 Å². The molecule has 1 N–H and O–H groups in total. The number of rotatable bonds is 3. The van der Waals surface area contributed by atoms with Gasteiger partial charge in [0, 0.05) is 12.5 Å². The van der Waals surface area contributed by atoms with Crippen LogP contribution in [0.25, 0.3) is 0 Å². The maximum atomic E-state index is 12.1. The minimum Gasteiger partial charge on any atom is -0.444 e. The summed E-state index contributed by atoms with van der Waals surface area (Å²) in [5, 5.41) is 10.5. The van der Waals surface area contributed by atoms with Crippen LogP contribution in [0, 0.1) is 0 Å². The number of likely N-dealkylation sites (tertiary alicyclic amines) is 1. The van der Waals surface area contributed by atoms with E-state index in [1.54, 1.807) is 4.90 Å². The van der Waals surface area contributed by atoms with E-state index in [2.05, 4.69) is 31.2 Å². The molecule has 2 rings (SSSR count). The van der Waals surface area contributed by atoms with E-state index < -0.39 is 11.7 Å². The third kappa shape index (κ3) is 4.96. The summed E-state index contributed by atoms with van der Waals surface area (Å²) in [7, 11) is 0. The van der Waals surface area contributed by atoms with Gasteiger partial charge in [0.25, 0.3) is 0 Å². The largest absolute Gasteiger partial charge is 0.444 e. The Morgan fingerprint density at radius 1 is 1.30 bits per heavy atom. The second-order valence-corrected chi connectivity index (χ2v) is 7.38. The van der Waals surface area contributed by atoms with E-state index >= 15 is 0 Å². The van der Waals surface area contributed by atoms with Crippen molar-refractivity contribution in [2.75, 3.05) is 13.1 Å². The maximum absolute atomic E-state index is 12.1. The highest BCUT2D eigenvalue weighted by Crippen LogP contribution is 2.29. The molecular weight excluding hydrogens is 290 g/mol. The number of hydrogen-bond donors (Lipinski definition) is 1. The van der Waals surface area contributed by atoms with Gasteiger partial charge in [-0.3, -0.25) is 0 Å². The molecule has 1 aromatic rings. The SMILES string of the molecule is CCCc1ccc([C@@H]2CCN(C(=O)OC(C)(C)C)C[C@H]2O)cc1. The third-order valence-corrected chi connectivity index (χ3v) is 4.18. The second-order valence-electron chi connectivity index (χ2n) is 7.38. The van der Waals surface area contributed by atoms with Crippen molar-refractivity contribution in [3.05, 3.63) is 35.4 Å². The van der Waals surface area contributed by atoms with Gasteiger partial charge in [-0.2, -0.15) is 0 Å². The Morgan fingerprint density at radius 3 is 2.48 bits per heavy atom. The fourth-order valence-corrected chi connectivity index (χ4v) is 3.03. The molecule has 0 spiro atoms. The number of carbonyl (C=O) groups is 1. The molecule has 1 heterocycles. The average molecular weight is 319 g/mol. The van der Waals surface area contributed by atoms with Gasteiger partial charge >= 0.3 is 6.09 Å². The van der Waals surface area contributed by atoms with E-state index in [0.717, 1.165) is 24.8 Å². The van der Waals surface area contributed by atoms with Gasteiger partial charge in [-0.05, 0) is 44.7 Å². The van der Waals surface area contributed by atoms with Crippen LogP contribution in [0.1, 0.15) is 57.6 Å². The lowest BCUT2D eigenvalue weighted by Gasteiger charge is -2.37. The Bertz CT molecular complexity index is 518. The summed E-state index contributed by atoms with van der Waals surface area (Å²) in [4.78, 5) is 13.7. The first-order valence-electron chi connectivity index (χ1n) is 8.55. The molecule has 128 valence electrons. The lowest BCUT2D eigenvalue weighted by molar-refractivity contribution is -0.00151. The minimum absolute atomic E-state index is 0.0874. The van der Waals surface area contributed by atoms with Crippen molar-refractivity contribution in [3.63, 3.8) is 0 Å². The molecule has 0 radical (unpaired) electrons. The lowest BCUT2D eigenvalue weighted by atomic mass is 9.86. The summed E-state index contributed by atoms with van der Waals surface area (Å²) in [5.41, 5.74) is 1.98. The number of β-amino-alcohol motifs (C(OH)–C–C–N with tert-alkyl or cyclic N) is 1. The van der Waals surface area contributed by atoms with Crippen molar-refractivity contribution >= 4 is 6.09 Å². The molecule has 0 saturated carbocycles. The molecule has 1 amide bonds. The van der Waals surface area contributed by atoms with Gasteiger partial charge in [0.15, 0.2) is 0 Å². The Kier molecular flexibility index (Phi) is 5.69. The molecule has 0 aliphatic carbocycles. The highest BCUT2D eigenvalue weighted by atomic mass is 16.6. The summed E-state index contributed by atoms with van der Waals surface area (Å²) >= 11 is 0. The monoisotopic (exact) mass is 319 g/mol. The van der Waals surface area contributed by atoms with Crippen molar-refractivity contribution in [3.8, 4) is 0 Å². The standard InChI is InChI=1S/C19H29NO3/c1-5-6-14-7-9-15(10-8-14)16-11-12-20(13-17(16)21)18(22)23-19(2,3)4/h7-10,16-17,21H,5-6,11-13H2,1-4H3/t16-,17+/m0/s1. The molecule has 23 heavy (non-hydrogen) atoms. The summed E-state index contributed by atoms with van der Waals surface area (Å²) < 4.78 is 5.38. The number of aryl methyl sites for hydroxylation is 1. The zero-order valence-corrected chi connectivity index (χ0v) is 14.7. The molecule has 1 aliphatic heterocycles. The smallest absolute Gasteiger partial charge is 0.410 e. The van der Waals surface area contributed by atoms with Crippen LogP contribution in [0.15, 0.2) is 24.3 Å². The number of piperidine rings is 1. The van der Waals surface area contributed by atoms with Crippen LogP contribution in [0.2, 0.25) is 0 Å². The Balaban J connectivity index is 1.97. The summed E-state index contributed by atoms with van der Waals surface area (Å²) in [5.74, 6) is 0.0874.